The number of benzene rings is 1. The molecule has 1 aliphatic heterocycles. The third-order valence-electron chi connectivity index (χ3n) is 4.31. The topological polar surface area (TPSA) is 70.9 Å². The van der Waals surface area contributed by atoms with Crippen LogP contribution in [0.4, 0.5) is 5.69 Å². The highest BCUT2D eigenvalue weighted by Crippen LogP contribution is 2.24. The lowest BCUT2D eigenvalue weighted by Crippen LogP contribution is -3.15. The van der Waals surface area contributed by atoms with E-state index in [1.807, 2.05) is 30.5 Å². The fraction of sp³-hybridized carbons (Fsp3) is 0.353. The summed E-state index contributed by atoms with van der Waals surface area (Å²) in [4.78, 5) is 14.5. The smallest absolute Gasteiger partial charge is 0.279 e. The van der Waals surface area contributed by atoms with E-state index in [0.29, 0.717) is 36.9 Å². The summed E-state index contributed by atoms with van der Waals surface area (Å²) in [5, 5.41) is 4.73. The van der Waals surface area contributed by atoms with Crippen LogP contribution in [-0.2, 0) is 14.8 Å². The van der Waals surface area contributed by atoms with E-state index in [4.69, 9.17) is 0 Å². The zero-order valence-corrected chi connectivity index (χ0v) is 16.9. The monoisotopic (exact) mass is 412 g/mol. The average molecular weight is 413 g/mol. The number of hydrogen-bond donors (Lipinski definition) is 2. The summed E-state index contributed by atoms with van der Waals surface area (Å²) in [5.41, 5.74) is 0.823. The molecule has 0 saturated carbocycles. The number of quaternary nitrogens is 1. The van der Waals surface area contributed by atoms with Crippen molar-refractivity contribution in [2.45, 2.75) is 9.10 Å². The first-order valence-corrected chi connectivity index (χ1v) is 11.9. The van der Waals surface area contributed by atoms with Crippen molar-refractivity contribution in [3.63, 3.8) is 0 Å². The lowest BCUT2D eigenvalue weighted by atomic mass is 10.3. The van der Waals surface area contributed by atoms with Gasteiger partial charge >= 0.3 is 0 Å². The fourth-order valence-electron chi connectivity index (χ4n) is 2.93. The van der Waals surface area contributed by atoms with Crippen molar-refractivity contribution in [1.29, 1.82) is 0 Å². The van der Waals surface area contributed by atoms with Crippen molar-refractivity contribution in [2.75, 3.05) is 44.3 Å². The zero-order valence-electron chi connectivity index (χ0n) is 14.5. The molecule has 140 valence electrons. The minimum atomic E-state index is -3.39. The third kappa shape index (κ3) is 4.47. The number of anilines is 1. The molecular weight excluding hydrogens is 390 g/mol. The molecule has 0 bridgehead atoms. The van der Waals surface area contributed by atoms with Gasteiger partial charge in [0.15, 0.2) is 6.54 Å². The molecule has 1 amide bonds. The molecule has 2 aromatic rings. The molecule has 0 unspecified atom stereocenters. The molecular formula is C17H22N3O3S3+. The number of nitrogens with zero attached hydrogens (tertiary/aromatic N) is 1. The predicted octanol–water partition coefficient (Wildman–Crippen LogP) is 0.998. The fourth-order valence-corrected chi connectivity index (χ4v) is 6.07. The highest BCUT2D eigenvalue weighted by atomic mass is 32.2. The number of piperazine rings is 1. The Kier molecular flexibility index (Phi) is 6.36. The number of rotatable bonds is 6. The van der Waals surface area contributed by atoms with Crippen LogP contribution in [0, 0.1) is 0 Å². The van der Waals surface area contributed by atoms with Gasteiger partial charge in [0.2, 0.25) is 0 Å². The molecule has 0 radical (unpaired) electrons. The summed E-state index contributed by atoms with van der Waals surface area (Å²) >= 11 is 2.83. The number of carbonyl (C=O) groups is 1. The van der Waals surface area contributed by atoms with Crippen LogP contribution in [0.25, 0.3) is 0 Å². The third-order valence-corrected chi connectivity index (χ3v) is 8.38. The van der Waals surface area contributed by atoms with Gasteiger partial charge in [0.1, 0.15) is 4.21 Å². The second-order valence-electron chi connectivity index (χ2n) is 6.01. The van der Waals surface area contributed by atoms with Gasteiger partial charge in [0.25, 0.3) is 15.9 Å². The molecule has 1 aromatic carbocycles. The van der Waals surface area contributed by atoms with E-state index in [1.54, 1.807) is 29.3 Å². The summed E-state index contributed by atoms with van der Waals surface area (Å²) in [7, 11) is -3.39. The molecule has 1 aliphatic rings. The van der Waals surface area contributed by atoms with Gasteiger partial charge in [-0.1, -0.05) is 18.2 Å². The number of para-hydroxylation sites is 1. The van der Waals surface area contributed by atoms with E-state index in [9.17, 15) is 13.2 Å². The van der Waals surface area contributed by atoms with E-state index in [0.717, 1.165) is 15.5 Å². The van der Waals surface area contributed by atoms with Gasteiger partial charge in [-0.25, -0.2) is 8.42 Å². The van der Waals surface area contributed by atoms with Crippen LogP contribution in [0.5, 0.6) is 0 Å². The molecule has 1 aromatic heterocycles. The van der Waals surface area contributed by atoms with Crippen molar-refractivity contribution in [2.24, 2.45) is 0 Å². The lowest BCUT2D eigenvalue weighted by Gasteiger charge is -2.30. The van der Waals surface area contributed by atoms with Gasteiger partial charge in [-0.2, -0.15) is 4.31 Å². The Morgan fingerprint density at radius 1 is 1.23 bits per heavy atom. The number of carbonyl (C=O) groups excluding carboxylic acids is 1. The first-order valence-electron chi connectivity index (χ1n) is 8.31. The number of thiophene rings is 1. The van der Waals surface area contributed by atoms with Crippen LogP contribution < -0.4 is 10.2 Å². The highest BCUT2D eigenvalue weighted by Gasteiger charge is 2.31. The summed E-state index contributed by atoms with van der Waals surface area (Å²) in [6, 6.07) is 11.1. The molecule has 9 heteroatoms. The van der Waals surface area contributed by atoms with Gasteiger partial charge in [-0.3, -0.25) is 4.79 Å². The maximum Gasteiger partial charge on any atom is 0.279 e. The molecule has 2 heterocycles. The maximum absolute atomic E-state index is 12.5. The molecule has 0 spiro atoms. The molecule has 3 rings (SSSR count). The van der Waals surface area contributed by atoms with Crippen LogP contribution >= 0.6 is 23.1 Å². The van der Waals surface area contributed by atoms with Gasteiger partial charge in [0.05, 0.1) is 31.9 Å². The van der Waals surface area contributed by atoms with E-state index in [-0.39, 0.29) is 5.91 Å². The molecule has 0 aliphatic carbocycles. The first kappa shape index (κ1) is 19.4. The van der Waals surface area contributed by atoms with Gasteiger partial charge in [0, 0.05) is 4.90 Å². The number of hydrogen-bond acceptors (Lipinski definition) is 5. The summed E-state index contributed by atoms with van der Waals surface area (Å²) < 4.78 is 27.0. The number of amides is 1. The quantitative estimate of drug-likeness (QED) is 0.695. The van der Waals surface area contributed by atoms with Crippen LogP contribution in [0.1, 0.15) is 0 Å². The van der Waals surface area contributed by atoms with Crippen molar-refractivity contribution < 1.29 is 18.1 Å². The average Bonchev–Trinajstić information content (AvgIpc) is 3.18. The van der Waals surface area contributed by atoms with Crippen molar-refractivity contribution >= 4 is 44.7 Å². The van der Waals surface area contributed by atoms with Crippen LogP contribution in [0.2, 0.25) is 0 Å². The van der Waals surface area contributed by atoms with Crippen LogP contribution in [0.3, 0.4) is 0 Å². The molecule has 1 saturated heterocycles. The molecule has 1 fully saturated rings. The summed E-state index contributed by atoms with van der Waals surface area (Å²) in [5.74, 6) is -0.0453. The van der Waals surface area contributed by atoms with Gasteiger partial charge < -0.3 is 10.2 Å². The second kappa shape index (κ2) is 8.53. The Balaban J connectivity index is 1.53. The normalized spacial score (nSPS) is 16.5. The predicted molar refractivity (Wildman–Crippen MR) is 105 cm³/mol. The van der Waals surface area contributed by atoms with E-state index in [2.05, 4.69) is 5.32 Å². The van der Waals surface area contributed by atoms with E-state index in [1.165, 1.54) is 15.6 Å². The second-order valence-corrected chi connectivity index (χ2v) is 9.97. The van der Waals surface area contributed by atoms with Crippen molar-refractivity contribution in [1.82, 2.24) is 4.31 Å². The van der Waals surface area contributed by atoms with Crippen molar-refractivity contribution in [3.05, 3.63) is 41.8 Å². The largest absolute Gasteiger partial charge is 0.325 e. The zero-order chi connectivity index (χ0) is 18.6. The summed E-state index contributed by atoms with van der Waals surface area (Å²) in [6.45, 7) is 2.47. The van der Waals surface area contributed by atoms with Crippen LogP contribution in [0.15, 0.2) is 50.9 Å². The molecule has 0 atom stereocenters. The van der Waals surface area contributed by atoms with Gasteiger partial charge in [-0.15, -0.1) is 23.1 Å². The SMILES string of the molecule is CSc1ccccc1NC(=O)C[NH+]1CCN(S(=O)(=O)c2cccs2)CC1. The number of nitrogens with one attached hydrogen (secondary N) is 2. The number of sulfonamides is 1. The first-order chi connectivity index (χ1) is 12.5. The molecule has 2 N–H and O–H groups in total. The van der Waals surface area contributed by atoms with Crippen molar-refractivity contribution in [3.8, 4) is 0 Å². The highest BCUT2D eigenvalue weighted by molar-refractivity contribution is 7.98. The Bertz CT molecular complexity index is 845. The summed E-state index contributed by atoms with van der Waals surface area (Å²) in [6.07, 6.45) is 1.98. The Labute approximate surface area is 162 Å². The molecule has 6 nitrogen and oxygen atoms in total. The Morgan fingerprint density at radius 3 is 2.62 bits per heavy atom. The minimum Gasteiger partial charge on any atom is -0.325 e. The van der Waals surface area contributed by atoms with Gasteiger partial charge in [-0.05, 0) is 29.8 Å². The Morgan fingerprint density at radius 2 is 1.96 bits per heavy atom. The standard InChI is InChI=1S/C17H21N3O3S3/c1-24-15-6-3-2-5-14(15)18-16(21)13-19-8-10-20(11-9-19)26(22,23)17-7-4-12-25-17/h2-7,12H,8-11,13H2,1H3,(H,18,21)/p+1. The number of thioether (sulfide) groups is 1. The maximum atomic E-state index is 12.5. The minimum absolute atomic E-state index is 0.0453. The Hall–Kier alpha value is -1.39. The van der Waals surface area contributed by atoms with Crippen LogP contribution in [-0.4, -0.2) is 57.6 Å². The lowest BCUT2D eigenvalue weighted by molar-refractivity contribution is -0.895. The van der Waals surface area contributed by atoms with E-state index >= 15 is 0 Å². The molecule has 26 heavy (non-hydrogen) atoms. The van der Waals surface area contributed by atoms with E-state index < -0.39 is 10.0 Å².